The minimum atomic E-state index is -0.279. The zero-order valence-electron chi connectivity index (χ0n) is 17.9. The van der Waals surface area contributed by atoms with Gasteiger partial charge in [-0.2, -0.15) is 0 Å². The van der Waals surface area contributed by atoms with Gasteiger partial charge >= 0.3 is 0 Å². The largest absolute Gasteiger partial charge is 0.493 e. The molecule has 31 heavy (non-hydrogen) atoms. The minimum Gasteiger partial charge on any atom is -0.493 e. The smallest absolute Gasteiger partial charge is 0.258 e. The first-order valence-corrected chi connectivity index (χ1v) is 10.2. The molecule has 0 bridgehead atoms. The molecule has 9 heteroatoms. The van der Waals surface area contributed by atoms with E-state index in [2.05, 4.69) is 15.3 Å². The van der Waals surface area contributed by atoms with Gasteiger partial charge in [0.05, 0.1) is 38.2 Å². The summed E-state index contributed by atoms with van der Waals surface area (Å²) in [5.41, 5.74) is 1.81. The third-order valence-corrected chi connectivity index (χ3v) is 5.15. The van der Waals surface area contributed by atoms with Gasteiger partial charge < -0.3 is 19.8 Å². The van der Waals surface area contributed by atoms with E-state index in [0.717, 1.165) is 5.56 Å². The quantitative estimate of drug-likeness (QED) is 0.553. The van der Waals surface area contributed by atoms with Crippen LogP contribution in [0.3, 0.4) is 0 Å². The highest BCUT2D eigenvalue weighted by Gasteiger charge is 2.15. The van der Waals surface area contributed by atoms with E-state index < -0.39 is 0 Å². The first-order chi connectivity index (χ1) is 14.8. The fourth-order valence-corrected chi connectivity index (χ4v) is 3.47. The number of rotatable bonds is 8. The second-order valence-corrected chi connectivity index (χ2v) is 7.48. The molecule has 0 spiro atoms. The SMILES string of the molecule is CCN(CC(=O)Nc1ccc(Cl)cc1C)Cc1nc2cc(OC)c(OC)cc2c(=O)[nH]1. The second-order valence-electron chi connectivity index (χ2n) is 7.05. The molecular formula is C22H25ClN4O4. The summed E-state index contributed by atoms with van der Waals surface area (Å²) in [5, 5.41) is 3.91. The van der Waals surface area contributed by atoms with Crippen LogP contribution in [-0.2, 0) is 11.3 Å². The van der Waals surface area contributed by atoms with Crippen LogP contribution in [0.1, 0.15) is 18.3 Å². The number of nitrogens with zero attached hydrogens (tertiary/aromatic N) is 2. The number of nitrogens with one attached hydrogen (secondary N) is 2. The van der Waals surface area contributed by atoms with Crippen LogP contribution >= 0.6 is 11.6 Å². The van der Waals surface area contributed by atoms with Gasteiger partial charge in [0, 0.05) is 16.8 Å². The Labute approximate surface area is 185 Å². The third-order valence-electron chi connectivity index (χ3n) is 4.91. The molecule has 2 aromatic carbocycles. The summed E-state index contributed by atoms with van der Waals surface area (Å²) in [4.78, 5) is 34.3. The summed E-state index contributed by atoms with van der Waals surface area (Å²) in [5.74, 6) is 1.24. The number of halogens is 1. The van der Waals surface area contributed by atoms with E-state index in [-0.39, 0.29) is 18.0 Å². The topological polar surface area (TPSA) is 96.6 Å². The molecule has 2 N–H and O–H groups in total. The predicted molar refractivity (Wildman–Crippen MR) is 121 cm³/mol. The number of hydrogen-bond donors (Lipinski definition) is 2. The number of ether oxygens (including phenoxy) is 2. The molecule has 0 fully saturated rings. The maximum Gasteiger partial charge on any atom is 0.258 e. The van der Waals surface area contributed by atoms with Gasteiger partial charge in [0.25, 0.3) is 5.56 Å². The third kappa shape index (κ3) is 5.34. The van der Waals surface area contributed by atoms with Crippen LogP contribution < -0.4 is 20.3 Å². The van der Waals surface area contributed by atoms with Crippen LogP contribution in [0.4, 0.5) is 5.69 Å². The van der Waals surface area contributed by atoms with Gasteiger partial charge in [-0.3, -0.25) is 14.5 Å². The Morgan fingerprint density at radius 1 is 1.19 bits per heavy atom. The Morgan fingerprint density at radius 3 is 2.55 bits per heavy atom. The minimum absolute atomic E-state index is 0.145. The van der Waals surface area contributed by atoms with Crippen molar-refractivity contribution in [1.82, 2.24) is 14.9 Å². The standard InChI is InChI=1S/C22H25ClN4O4/c1-5-27(12-21(28)25-16-7-6-14(23)8-13(16)2)11-20-24-17-10-19(31-4)18(30-3)9-15(17)22(29)26-20/h6-10H,5,11-12H2,1-4H3,(H,25,28)(H,24,26,29). The van der Waals surface area contributed by atoms with Crippen LogP contribution in [0.5, 0.6) is 11.5 Å². The van der Waals surface area contributed by atoms with Crippen LogP contribution in [0, 0.1) is 6.92 Å². The molecule has 0 saturated carbocycles. The molecule has 0 atom stereocenters. The Kier molecular flexibility index (Phi) is 7.14. The highest BCUT2D eigenvalue weighted by Crippen LogP contribution is 2.30. The summed E-state index contributed by atoms with van der Waals surface area (Å²) in [7, 11) is 3.03. The van der Waals surface area contributed by atoms with Gasteiger partial charge in [0.2, 0.25) is 5.91 Å². The molecule has 8 nitrogen and oxygen atoms in total. The van der Waals surface area contributed by atoms with Crippen molar-refractivity contribution in [3.63, 3.8) is 0 Å². The number of anilines is 1. The maximum absolute atomic E-state index is 12.6. The molecule has 0 aliphatic heterocycles. The van der Waals surface area contributed by atoms with E-state index in [1.807, 2.05) is 18.7 Å². The van der Waals surface area contributed by atoms with Crippen molar-refractivity contribution in [1.29, 1.82) is 0 Å². The number of aromatic amines is 1. The lowest BCUT2D eigenvalue weighted by Crippen LogP contribution is -2.34. The van der Waals surface area contributed by atoms with E-state index >= 15 is 0 Å². The van der Waals surface area contributed by atoms with Gasteiger partial charge in [0.15, 0.2) is 11.5 Å². The molecule has 0 saturated heterocycles. The second kappa shape index (κ2) is 9.80. The van der Waals surface area contributed by atoms with Crippen molar-refractivity contribution in [2.75, 3.05) is 32.6 Å². The van der Waals surface area contributed by atoms with Crippen molar-refractivity contribution in [3.8, 4) is 11.5 Å². The fourth-order valence-electron chi connectivity index (χ4n) is 3.24. The Hall–Kier alpha value is -3.10. The number of carbonyl (C=O) groups excluding carboxylic acids is 1. The van der Waals surface area contributed by atoms with E-state index in [9.17, 15) is 9.59 Å². The molecule has 0 radical (unpaired) electrons. The van der Waals surface area contributed by atoms with Gasteiger partial charge in [0.1, 0.15) is 5.82 Å². The number of aryl methyl sites for hydroxylation is 1. The van der Waals surface area contributed by atoms with E-state index in [4.69, 9.17) is 21.1 Å². The summed E-state index contributed by atoms with van der Waals surface area (Å²) >= 11 is 5.97. The lowest BCUT2D eigenvalue weighted by molar-refractivity contribution is -0.117. The van der Waals surface area contributed by atoms with E-state index in [0.29, 0.717) is 52.0 Å². The first-order valence-electron chi connectivity index (χ1n) is 9.77. The van der Waals surface area contributed by atoms with E-state index in [1.165, 1.54) is 14.2 Å². The van der Waals surface area contributed by atoms with Crippen molar-refractivity contribution in [2.45, 2.75) is 20.4 Å². The van der Waals surface area contributed by atoms with Crippen molar-refractivity contribution in [3.05, 3.63) is 57.1 Å². The number of methoxy groups -OCH3 is 2. The average molecular weight is 445 g/mol. The maximum atomic E-state index is 12.6. The van der Waals surface area contributed by atoms with Crippen LogP contribution in [-0.4, -0.2) is 48.1 Å². The molecule has 1 aromatic heterocycles. The van der Waals surface area contributed by atoms with Gasteiger partial charge in [-0.05, 0) is 43.3 Å². The number of benzene rings is 2. The zero-order valence-corrected chi connectivity index (χ0v) is 18.7. The average Bonchev–Trinajstić information content (AvgIpc) is 2.74. The number of amides is 1. The van der Waals surface area contributed by atoms with Crippen molar-refractivity contribution >= 4 is 34.1 Å². The number of aromatic nitrogens is 2. The number of hydrogen-bond acceptors (Lipinski definition) is 6. The molecule has 3 aromatic rings. The highest BCUT2D eigenvalue weighted by atomic mass is 35.5. The Morgan fingerprint density at radius 2 is 1.90 bits per heavy atom. The number of likely N-dealkylation sites (N-methyl/N-ethyl adjacent to an activating group) is 1. The van der Waals surface area contributed by atoms with Gasteiger partial charge in [-0.25, -0.2) is 4.98 Å². The van der Waals surface area contributed by atoms with Crippen LogP contribution in [0.2, 0.25) is 5.02 Å². The fraction of sp³-hybridized carbons (Fsp3) is 0.318. The number of fused-ring (bicyclic) bond motifs is 1. The lowest BCUT2D eigenvalue weighted by atomic mass is 10.2. The van der Waals surface area contributed by atoms with Gasteiger partial charge in [-0.1, -0.05) is 18.5 Å². The zero-order chi connectivity index (χ0) is 22.5. The normalized spacial score (nSPS) is 11.0. The number of H-pyrrole nitrogens is 1. The molecule has 1 heterocycles. The Balaban J connectivity index is 1.77. The van der Waals surface area contributed by atoms with Crippen molar-refractivity contribution < 1.29 is 14.3 Å². The summed E-state index contributed by atoms with van der Waals surface area (Å²) in [6.45, 7) is 4.87. The Bertz CT molecular complexity index is 1160. The molecule has 0 unspecified atom stereocenters. The first kappa shape index (κ1) is 22.6. The van der Waals surface area contributed by atoms with E-state index in [1.54, 1.807) is 30.3 Å². The summed E-state index contributed by atoms with van der Waals surface area (Å²) < 4.78 is 10.6. The predicted octanol–water partition coefficient (Wildman–Crippen LogP) is 3.36. The summed E-state index contributed by atoms with van der Waals surface area (Å²) in [6.07, 6.45) is 0. The lowest BCUT2D eigenvalue weighted by Gasteiger charge is -2.20. The molecule has 3 rings (SSSR count). The monoisotopic (exact) mass is 444 g/mol. The molecule has 0 aliphatic carbocycles. The number of carbonyl (C=O) groups is 1. The summed E-state index contributed by atoms with van der Waals surface area (Å²) in [6, 6.07) is 8.56. The molecule has 1 amide bonds. The van der Waals surface area contributed by atoms with Crippen LogP contribution in [0.25, 0.3) is 10.9 Å². The van der Waals surface area contributed by atoms with Crippen molar-refractivity contribution in [2.24, 2.45) is 0 Å². The van der Waals surface area contributed by atoms with Crippen LogP contribution in [0.15, 0.2) is 35.1 Å². The van der Waals surface area contributed by atoms with Gasteiger partial charge in [-0.15, -0.1) is 0 Å². The highest BCUT2D eigenvalue weighted by molar-refractivity contribution is 6.30. The molecular weight excluding hydrogens is 420 g/mol. The molecule has 164 valence electrons. The molecule has 0 aliphatic rings.